The maximum Gasteiger partial charge on any atom is 0.230 e. The Labute approximate surface area is 141 Å². The molecule has 0 aliphatic heterocycles. The number of imidazole rings is 1. The van der Waals surface area contributed by atoms with Gasteiger partial charge in [0.25, 0.3) is 0 Å². The molecule has 1 amide bonds. The third-order valence-corrected chi connectivity index (χ3v) is 4.36. The van der Waals surface area contributed by atoms with E-state index in [0.29, 0.717) is 12.2 Å². The summed E-state index contributed by atoms with van der Waals surface area (Å²) in [4.78, 5) is 16.3. The lowest BCUT2D eigenvalue weighted by Gasteiger charge is -2.13. The SMILES string of the molecule is Cc1cc(C)cc(-n2ccnc2SCC(=O)NC(C)CCO)c1. The molecule has 0 saturated heterocycles. The van der Waals surface area contributed by atoms with Gasteiger partial charge < -0.3 is 10.4 Å². The minimum absolute atomic E-state index is 0.0210. The van der Waals surface area contributed by atoms with Crippen LogP contribution in [-0.4, -0.2) is 39.0 Å². The molecule has 1 atom stereocenters. The molecule has 1 aromatic heterocycles. The molecule has 23 heavy (non-hydrogen) atoms. The Morgan fingerprint density at radius 2 is 2.04 bits per heavy atom. The van der Waals surface area contributed by atoms with Crippen molar-refractivity contribution in [3.05, 3.63) is 41.7 Å². The van der Waals surface area contributed by atoms with Crippen LogP contribution in [0.1, 0.15) is 24.5 Å². The normalized spacial score (nSPS) is 12.2. The van der Waals surface area contributed by atoms with Crippen molar-refractivity contribution in [3.63, 3.8) is 0 Å². The van der Waals surface area contributed by atoms with Gasteiger partial charge in [-0.2, -0.15) is 0 Å². The first kappa shape index (κ1) is 17.6. The molecule has 1 heterocycles. The van der Waals surface area contributed by atoms with Crippen LogP contribution in [0.2, 0.25) is 0 Å². The number of aryl methyl sites for hydroxylation is 2. The van der Waals surface area contributed by atoms with E-state index >= 15 is 0 Å². The average molecular weight is 333 g/mol. The number of aromatic nitrogens is 2. The molecule has 2 N–H and O–H groups in total. The van der Waals surface area contributed by atoms with Gasteiger partial charge in [0.15, 0.2) is 5.16 Å². The van der Waals surface area contributed by atoms with E-state index in [-0.39, 0.29) is 18.6 Å². The third-order valence-electron chi connectivity index (χ3n) is 3.39. The number of hydrogen-bond donors (Lipinski definition) is 2. The van der Waals surface area contributed by atoms with Gasteiger partial charge in [-0.25, -0.2) is 4.98 Å². The Morgan fingerprint density at radius 3 is 2.70 bits per heavy atom. The van der Waals surface area contributed by atoms with Crippen LogP contribution in [0.25, 0.3) is 5.69 Å². The van der Waals surface area contributed by atoms with Gasteiger partial charge in [0, 0.05) is 30.7 Å². The highest BCUT2D eigenvalue weighted by Gasteiger charge is 2.11. The van der Waals surface area contributed by atoms with Crippen LogP contribution in [0, 0.1) is 13.8 Å². The molecule has 0 spiro atoms. The van der Waals surface area contributed by atoms with Crippen molar-refractivity contribution in [1.29, 1.82) is 0 Å². The summed E-state index contributed by atoms with van der Waals surface area (Å²) in [5.41, 5.74) is 3.44. The summed E-state index contributed by atoms with van der Waals surface area (Å²) in [5.74, 6) is 0.253. The maximum atomic E-state index is 11.9. The van der Waals surface area contributed by atoms with Crippen LogP contribution in [0.15, 0.2) is 35.7 Å². The fourth-order valence-corrected chi connectivity index (χ4v) is 3.18. The van der Waals surface area contributed by atoms with Gasteiger partial charge in [-0.15, -0.1) is 0 Å². The summed E-state index contributed by atoms with van der Waals surface area (Å²) in [6.07, 6.45) is 4.21. The van der Waals surface area contributed by atoms with Crippen molar-refractivity contribution in [1.82, 2.24) is 14.9 Å². The zero-order valence-corrected chi connectivity index (χ0v) is 14.6. The van der Waals surface area contributed by atoms with Crippen molar-refractivity contribution in [3.8, 4) is 5.69 Å². The molecule has 0 fully saturated rings. The molecule has 0 aliphatic rings. The molecule has 0 saturated carbocycles. The van der Waals surface area contributed by atoms with Gasteiger partial charge in [-0.3, -0.25) is 9.36 Å². The monoisotopic (exact) mass is 333 g/mol. The molecule has 2 rings (SSSR count). The van der Waals surface area contributed by atoms with Gasteiger partial charge in [0.05, 0.1) is 5.75 Å². The molecule has 6 heteroatoms. The molecular weight excluding hydrogens is 310 g/mol. The molecular formula is C17H23N3O2S. The predicted octanol–water partition coefficient (Wildman–Crippen LogP) is 2.47. The van der Waals surface area contributed by atoms with Crippen LogP contribution >= 0.6 is 11.8 Å². The van der Waals surface area contributed by atoms with E-state index in [0.717, 1.165) is 10.8 Å². The lowest BCUT2D eigenvalue weighted by molar-refractivity contribution is -0.119. The fourth-order valence-electron chi connectivity index (χ4n) is 2.40. The number of carbonyl (C=O) groups is 1. The minimum atomic E-state index is -0.0501. The second kappa shape index (κ2) is 8.17. The number of amides is 1. The molecule has 0 aliphatic carbocycles. The number of hydrogen-bond acceptors (Lipinski definition) is 4. The fraction of sp³-hybridized carbons (Fsp3) is 0.412. The number of benzene rings is 1. The van der Waals surface area contributed by atoms with Crippen molar-refractivity contribution < 1.29 is 9.90 Å². The summed E-state index contributed by atoms with van der Waals surface area (Å²) < 4.78 is 2.00. The number of nitrogens with one attached hydrogen (secondary N) is 1. The van der Waals surface area contributed by atoms with Gasteiger partial charge in [0.1, 0.15) is 0 Å². The molecule has 0 radical (unpaired) electrons. The Hall–Kier alpha value is -1.79. The first-order valence-corrected chi connectivity index (χ1v) is 8.63. The second-order valence-electron chi connectivity index (χ2n) is 5.70. The van der Waals surface area contributed by atoms with Gasteiger partial charge in [-0.05, 0) is 50.5 Å². The summed E-state index contributed by atoms with van der Waals surface area (Å²) >= 11 is 1.41. The second-order valence-corrected chi connectivity index (χ2v) is 6.64. The Balaban J connectivity index is 2.03. The van der Waals surface area contributed by atoms with E-state index in [1.807, 2.05) is 17.7 Å². The van der Waals surface area contributed by atoms with E-state index in [1.165, 1.54) is 22.9 Å². The molecule has 2 aromatic rings. The van der Waals surface area contributed by atoms with Gasteiger partial charge >= 0.3 is 0 Å². The van der Waals surface area contributed by atoms with E-state index in [1.54, 1.807) is 6.20 Å². The summed E-state index contributed by atoms with van der Waals surface area (Å²) in [7, 11) is 0. The maximum absolute atomic E-state index is 11.9. The Morgan fingerprint density at radius 1 is 1.35 bits per heavy atom. The Kier molecular flexibility index (Phi) is 6.24. The van der Waals surface area contributed by atoms with Crippen LogP contribution in [0.3, 0.4) is 0 Å². The van der Waals surface area contributed by atoms with E-state index in [4.69, 9.17) is 5.11 Å². The van der Waals surface area contributed by atoms with E-state index < -0.39 is 0 Å². The minimum Gasteiger partial charge on any atom is -0.396 e. The summed E-state index contributed by atoms with van der Waals surface area (Å²) in [6, 6.07) is 6.31. The molecule has 1 aromatic carbocycles. The lowest BCUT2D eigenvalue weighted by Crippen LogP contribution is -2.34. The van der Waals surface area contributed by atoms with Gasteiger partial charge in [-0.1, -0.05) is 17.8 Å². The standard InChI is InChI=1S/C17H23N3O2S/c1-12-8-13(2)10-15(9-12)20-6-5-18-17(20)23-11-16(22)19-14(3)4-7-21/h5-6,8-10,14,21H,4,7,11H2,1-3H3,(H,19,22). The van der Waals surface area contributed by atoms with Crippen LogP contribution < -0.4 is 5.32 Å². The zero-order valence-electron chi connectivity index (χ0n) is 13.7. The molecule has 124 valence electrons. The smallest absolute Gasteiger partial charge is 0.230 e. The van der Waals surface area contributed by atoms with Crippen LogP contribution in [0.4, 0.5) is 0 Å². The molecule has 0 bridgehead atoms. The highest BCUT2D eigenvalue weighted by Crippen LogP contribution is 2.22. The number of nitrogens with zero attached hydrogens (tertiary/aromatic N) is 2. The number of carbonyl (C=O) groups excluding carboxylic acids is 1. The van der Waals surface area contributed by atoms with Crippen molar-refractivity contribution >= 4 is 17.7 Å². The first-order chi connectivity index (χ1) is 11.0. The number of aliphatic hydroxyl groups excluding tert-OH is 1. The average Bonchev–Trinajstić information content (AvgIpc) is 2.92. The van der Waals surface area contributed by atoms with E-state index in [2.05, 4.69) is 42.3 Å². The summed E-state index contributed by atoms with van der Waals surface area (Å²) in [6.45, 7) is 6.09. The van der Waals surface area contributed by atoms with Crippen molar-refractivity contribution in [2.24, 2.45) is 0 Å². The molecule has 1 unspecified atom stereocenters. The highest BCUT2D eigenvalue weighted by molar-refractivity contribution is 7.99. The first-order valence-electron chi connectivity index (χ1n) is 7.64. The topological polar surface area (TPSA) is 67.2 Å². The number of aliphatic hydroxyl groups is 1. The van der Waals surface area contributed by atoms with E-state index in [9.17, 15) is 4.79 Å². The lowest BCUT2D eigenvalue weighted by atomic mass is 10.1. The third kappa shape index (κ3) is 5.11. The van der Waals surface area contributed by atoms with Gasteiger partial charge in [0.2, 0.25) is 5.91 Å². The highest BCUT2D eigenvalue weighted by atomic mass is 32.2. The quantitative estimate of drug-likeness (QED) is 0.764. The van der Waals surface area contributed by atoms with Crippen molar-refractivity contribution in [2.75, 3.05) is 12.4 Å². The Bertz CT molecular complexity index is 649. The largest absolute Gasteiger partial charge is 0.396 e. The number of rotatable bonds is 7. The summed E-state index contributed by atoms with van der Waals surface area (Å²) in [5, 5.41) is 12.5. The number of thioether (sulfide) groups is 1. The van der Waals surface area contributed by atoms with Crippen LogP contribution in [0.5, 0.6) is 0 Å². The predicted molar refractivity (Wildman–Crippen MR) is 93.1 cm³/mol. The van der Waals surface area contributed by atoms with Crippen molar-refractivity contribution in [2.45, 2.75) is 38.4 Å². The van der Waals surface area contributed by atoms with Crippen LogP contribution in [-0.2, 0) is 4.79 Å². The zero-order chi connectivity index (χ0) is 16.8. The molecule has 5 nitrogen and oxygen atoms in total.